The first-order chi connectivity index (χ1) is 19.9. The van der Waals surface area contributed by atoms with E-state index in [0.29, 0.717) is 41.6 Å². The number of aromatic nitrogens is 2. The number of piperazine rings is 1. The van der Waals surface area contributed by atoms with E-state index in [1.807, 2.05) is 31.7 Å². The Bertz CT molecular complexity index is 1410. The number of rotatable bonds is 6. The Morgan fingerprint density at radius 2 is 2.10 bits per heavy atom. The van der Waals surface area contributed by atoms with Crippen molar-refractivity contribution in [3.63, 3.8) is 0 Å². The normalized spacial score (nSPS) is 29.3. The lowest BCUT2D eigenvalue weighted by Crippen LogP contribution is -2.62. The summed E-state index contributed by atoms with van der Waals surface area (Å²) in [5, 5.41) is 0.410. The van der Waals surface area contributed by atoms with Gasteiger partial charge in [0.25, 0.3) is 0 Å². The van der Waals surface area contributed by atoms with Gasteiger partial charge in [0.2, 0.25) is 0 Å². The van der Waals surface area contributed by atoms with E-state index in [1.54, 1.807) is 0 Å². The molecule has 0 N–H and O–H groups in total. The van der Waals surface area contributed by atoms with Crippen LogP contribution in [0.4, 0.5) is 19.4 Å². The van der Waals surface area contributed by atoms with Crippen LogP contribution in [-0.2, 0) is 4.74 Å². The zero-order valence-corrected chi connectivity index (χ0v) is 26.6. The van der Waals surface area contributed by atoms with E-state index >= 15 is 4.39 Å². The molecule has 4 saturated heterocycles. The fraction of sp³-hybridized carbons (Fsp3) is 0.633. The van der Waals surface area contributed by atoms with Crippen molar-refractivity contribution < 1.29 is 23.0 Å². The van der Waals surface area contributed by atoms with Crippen molar-refractivity contribution in [2.75, 3.05) is 31.1 Å². The van der Waals surface area contributed by atoms with Crippen molar-refractivity contribution in [1.82, 2.24) is 19.8 Å². The molecule has 1 aromatic heterocycles. The maximum Gasteiger partial charge on any atom is 0.410 e. The highest BCUT2D eigenvalue weighted by molar-refractivity contribution is 9.10. The Hall–Kier alpha value is -2.24. The van der Waals surface area contributed by atoms with Gasteiger partial charge in [0.15, 0.2) is 5.82 Å². The molecule has 6 rings (SSSR count). The van der Waals surface area contributed by atoms with Crippen molar-refractivity contribution >= 4 is 50.3 Å². The molecule has 0 saturated carbocycles. The summed E-state index contributed by atoms with van der Waals surface area (Å²) in [6, 6.07) is 1.09. The molecule has 1 amide bonds. The number of benzene rings is 1. The van der Waals surface area contributed by atoms with Crippen LogP contribution in [-0.4, -0.2) is 87.5 Å². The second kappa shape index (κ2) is 11.0. The van der Waals surface area contributed by atoms with Gasteiger partial charge in [-0.05, 0) is 81.4 Å². The lowest BCUT2D eigenvalue weighted by molar-refractivity contribution is 0.00764. The van der Waals surface area contributed by atoms with Gasteiger partial charge in [-0.25, -0.2) is 13.6 Å². The lowest BCUT2D eigenvalue weighted by atomic mass is 9.95. The van der Waals surface area contributed by atoms with Gasteiger partial charge in [-0.3, -0.25) is 9.80 Å². The number of carbonyl (C=O) groups is 1. The molecule has 1 aromatic carbocycles. The summed E-state index contributed by atoms with van der Waals surface area (Å²) in [7, 11) is 0. The first kappa shape index (κ1) is 29.8. The Balaban J connectivity index is 1.40. The third kappa shape index (κ3) is 5.23. The van der Waals surface area contributed by atoms with Crippen molar-refractivity contribution in [1.29, 1.82) is 0 Å². The van der Waals surface area contributed by atoms with Gasteiger partial charge in [-0.1, -0.05) is 17.7 Å². The Morgan fingerprint density at radius 3 is 2.83 bits per heavy atom. The molecule has 2 aromatic rings. The molecule has 4 fully saturated rings. The second-order valence-corrected chi connectivity index (χ2v) is 14.3. The summed E-state index contributed by atoms with van der Waals surface area (Å²) in [5.74, 6) is -0.162. The van der Waals surface area contributed by atoms with Crippen LogP contribution in [0.3, 0.4) is 0 Å². The number of carbonyl (C=O) groups excluding carboxylic acids is 1. The molecule has 0 radical (unpaired) electrons. The summed E-state index contributed by atoms with van der Waals surface area (Å²) in [5.41, 5.74) is -0.979. The first-order valence-corrected chi connectivity index (χ1v) is 15.8. The summed E-state index contributed by atoms with van der Waals surface area (Å²) in [6.07, 6.45) is 4.99. The largest absolute Gasteiger partial charge is 0.461 e. The molecule has 228 valence electrons. The second-order valence-electron chi connectivity index (χ2n) is 13.0. The molecule has 0 spiro atoms. The van der Waals surface area contributed by atoms with E-state index in [9.17, 15) is 9.18 Å². The Labute approximate surface area is 258 Å². The van der Waals surface area contributed by atoms with Gasteiger partial charge in [-0.15, -0.1) is 6.58 Å². The minimum Gasteiger partial charge on any atom is -0.461 e. The van der Waals surface area contributed by atoms with Crippen LogP contribution in [0.5, 0.6) is 6.01 Å². The number of alkyl halides is 1. The minimum absolute atomic E-state index is 0.0216. The third-order valence-electron chi connectivity index (χ3n) is 9.09. The Morgan fingerprint density at radius 1 is 1.31 bits per heavy atom. The number of hydrogen-bond acceptors (Lipinski definition) is 7. The molecule has 4 aliphatic rings. The summed E-state index contributed by atoms with van der Waals surface area (Å²) in [6.45, 7) is 11.5. The quantitative estimate of drug-likeness (QED) is 0.252. The number of fused-ring (bicyclic) bond motifs is 4. The summed E-state index contributed by atoms with van der Waals surface area (Å²) in [4.78, 5) is 28.8. The molecule has 8 nitrogen and oxygen atoms in total. The van der Waals surface area contributed by atoms with E-state index in [-0.39, 0.29) is 47.4 Å². The molecular weight excluding hydrogens is 632 g/mol. The zero-order chi connectivity index (χ0) is 30.0. The predicted molar refractivity (Wildman–Crippen MR) is 162 cm³/mol. The van der Waals surface area contributed by atoms with E-state index in [0.717, 1.165) is 32.2 Å². The van der Waals surface area contributed by atoms with Crippen LogP contribution in [0, 0.1) is 5.82 Å². The fourth-order valence-electron chi connectivity index (χ4n) is 7.42. The van der Waals surface area contributed by atoms with Crippen molar-refractivity contribution in [2.45, 2.75) is 94.7 Å². The lowest BCUT2D eigenvalue weighted by Gasteiger charge is -2.47. The van der Waals surface area contributed by atoms with E-state index in [2.05, 4.69) is 37.3 Å². The average molecular weight is 669 g/mol. The van der Waals surface area contributed by atoms with Crippen molar-refractivity contribution in [3.8, 4) is 6.01 Å². The third-order valence-corrected chi connectivity index (χ3v) is 9.99. The topological polar surface area (TPSA) is 71.0 Å². The van der Waals surface area contributed by atoms with Crippen molar-refractivity contribution in [2.24, 2.45) is 0 Å². The predicted octanol–water partition coefficient (Wildman–Crippen LogP) is 6.67. The van der Waals surface area contributed by atoms with Crippen LogP contribution in [0.1, 0.15) is 59.3 Å². The summed E-state index contributed by atoms with van der Waals surface area (Å²) < 4.78 is 42.5. The monoisotopic (exact) mass is 667 g/mol. The number of nitrogens with zero attached hydrogens (tertiary/aromatic N) is 5. The highest BCUT2D eigenvalue weighted by Crippen LogP contribution is 2.44. The number of halogens is 4. The van der Waals surface area contributed by atoms with Crippen LogP contribution in [0.2, 0.25) is 5.02 Å². The molecule has 0 unspecified atom stereocenters. The molecule has 5 heterocycles. The molecular formula is C30H37BrClF2N5O3. The average Bonchev–Trinajstić information content (AvgIpc) is 3.55. The molecule has 42 heavy (non-hydrogen) atoms. The smallest absolute Gasteiger partial charge is 0.410 e. The number of anilines is 1. The Kier molecular flexibility index (Phi) is 7.84. The first-order valence-electron chi connectivity index (χ1n) is 14.7. The fourth-order valence-corrected chi connectivity index (χ4v) is 8.35. The van der Waals surface area contributed by atoms with Gasteiger partial charge in [0, 0.05) is 24.0 Å². The van der Waals surface area contributed by atoms with Gasteiger partial charge in [-0.2, -0.15) is 9.97 Å². The molecule has 5 atom stereocenters. The minimum atomic E-state index is -0.898. The van der Waals surface area contributed by atoms with Gasteiger partial charge < -0.3 is 14.4 Å². The van der Waals surface area contributed by atoms with Gasteiger partial charge >= 0.3 is 12.1 Å². The van der Waals surface area contributed by atoms with E-state index in [4.69, 9.17) is 26.1 Å². The molecule has 2 bridgehead atoms. The highest BCUT2D eigenvalue weighted by atomic mass is 79.9. The standard InChI is InChI=1S/C30H37BrClF2N5O3/c1-5-7-21-22-9-8-18(39(22)28(40)42-29(2,3)4)15-38(21)26-23-19(31)12-20(32)24(34)25(23)35-27(36-26)41-16-30-10-6-11-37(30)14-17(33)13-30/h5,12,17-18,21-22H,1,6-11,13-16H2,2-4H3/t17-,18-,21-,22+,30+/m1/s1. The van der Waals surface area contributed by atoms with Gasteiger partial charge in [0.1, 0.15) is 29.7 Å². The van der Waals surface area contributed by atoms with E-state index < -0.39 is 23.1 Å². The van der Waals surface area contributed by atoms with Crippen molar-refractivity contribution in [3.05, 3.63) is 34.0 Å². The maximum absolute atomic E-state index is 15.6. The van der Waals surface area contributed by atoms with Crippen LogP contribution < -0.4 is 9.64 Å². The number of ether oxygens (including phenoxy) is 2. The molecule has 0 aliphatic carbocycles. The van der Waals surface area contributed by atoms with Crippen LogP contribution >= 0.6 is 27.5 Å². The zero-order valence-electron chi connectivity index (χ0n) is 24.2. The van der Waals surface area contributed by atoms with Gasteiger partial charge in [0.05, 0.1) is 34.1 Å². The van der Waals surface area contributed by atoms with E-state index in [1.165, 1.54) is 6.07 Å². The summed E-state index contributed by atoms with van der Waals surface area (Å²) >= 11 is 9.83. The van der Waals surface area contributed by atoms with Crippen LogP contribution in [0.25, 0.3) is 10.9 Å². The SMILES string of the molecule is C=CC[C@@H]1[C@@H]2CC[C@H](CN1c1nc(OC[C@@]34CCCN3C[C@H](F)C4)nc3c(F)c(Cl)cc(Br)c13)N2C(=O)OC(C)(C)C. The molecule has 12 heteroatoms. The maximum atomic E-state index is 15.6. The highest BCUT2D eigenvalue weighted by Gasteiger charge is 2.51. The van der Waals surface area contributed by atoms with Crippen LogP contribution in [0.15, 0.2) is 23.2 Å². The number of hydrogen-bond donors (Lipinski definition) is 0. The molecule has 4 aliphatic heterocycles. The number of amides is 1.